The molecule has 15 heavy (non-hydrogen) atoms. The molecule has 0 aromatic carbocycles. The molecule has 3 N–H and O–H groups in total. The molecule has 0 aliphatic carbocycles. The summed E-state index contributed by atoms with van der Waals surface area (Å²) in [6, 6.07) is 0.663. The van der Waals surface area contributed by atoms with Gasteiger partial charge in [0.05, 0.1) is 6.33 Å². The lowest BCUT2D eigenvalue weighted by atomic mass is 9.93. The van der Waals surface area contributed by atoms with E-state index in [4.69, 9.17) is 5.73 Å². The van der Waals surface area contributed by atoms with Crippen LogP contribution in [0.3, 0.4) is 0 Å². The molecule has 1 aromatic heterocycles. The fourth-order valence-corrected chi connectivity index (χ4v) is 2.27. The molecular formula is C11H20N4. The van der Waals surface area contributed by atoms with Gasteiger partial charge < -0.3 is 10.7 Å². The molecule has 2 heterocycles. The van der Waals surface area contributed by atoms with Gasteiger partial charge in [0.25, 0.3) is 0 Å². The molecule has 1 aliphatic rings. The Morgan fingerprint density at radius 2 is 2.47 bits per heavy atom. The zero-order valence-electron chi connectivity index (χ0n) is 9.32. The van der Waals surface area contributed by atoms with E-state index in [1.165, 1.54) is 18.5 Å². The number of likely N-dealkylation sites (tertiary alicyclic amines) is 1. The van der Waals surface area contributed by atoms with Crippen LogP contribution in [0.15, 0.2) is 12.5 Å². The molecule has 0 radical (unpaired) electrons. The molecule has 0 spiro atoms. The number of piperidine rings is 1. The number of hydrogen-bond donors (Lipinski definition) is 2. The number of H-pyrrole nitrogens is 1. The summed E-state index contributed by atoms with van der Waals surface area (Å²) in [6.07, 6.45) is 6.18. The van der Waals surface area contributed by atoms with Gasteiger partial charge >= 0.3 is 0 Å². The first-order valence-corrected chi connectivity index (χ1v) is 5.71. The third-order valence-electron chi connectivity index (χ3n) is 3.37. The van der Waals surface area contributed by atoms with Crippen LogP contribution in [-0.2, 0) is 6.54 Å². The Morgan fingerprint density at radius 1 is 1.60 bits per heavy atom. The van der Waals surface area contributed by atoms with E-state index in [9.17, 15) is 0 Å². The van der Waals surface area contributed by atoms with Crippen molar-refractivity contribution in [1.29, 1.82) is 0 Å². The number of nitrogens with two attached hydrogens (primary N) is 1. The number of hydrogen-bond acceptors (Lipinski definition) is 3. The van der Waals surface area contributed by atoms with Crippen LogP contribution in [0, 0.1) is 5.92 Å². The lowest BCUT2D eigenvalue weighted by molar-refractivity contribution is 0.112. The average molecular weight is 208 g/mol. The van der Waals surface area contributed by atoms with Crippen molar-refractivity contribution in [3.05, 3.63) is 18.2 Å². The summed E-state index contributed by atoms with van der Waals surface area (Å²) < 4.78 is 0. The van der Waals surface area contributed by atoms with Crippen LogP contribution in [0.1, 0.15) is 25.5 Å². The maximum absolute atomic E-state index is 5.74. The molecule has 1 aromatic rings. The fourth-order valence-electron chi connectivity index (χ4n) is 2.27. The second-order valence-corrected chi connectivity index (χ2v) is 4.53. The van der Waals surface area contributed by atoms with Crippen LogP contribution in [0.5, 0.6) is 0 Å². The molecule has 84 valence electrons. The van der Waals surface area contributed by atoms with Gasteiger partial charge in [-0.25, -0.2) is 4.98 Å². The van der Waals surface area contributed by atoms with Gasteiger partial charge in [-0.1, -0.05) is 0 Å². The second kappa shape index (κ2) is 4.77. The number of nitrogens with zero attached hydrogens (tertiary/aromatic N) is 2. The van der Waals surface area contributed by atoms with Gasteiger partial charge in [-0.2, -0.15) is 0 Å². The van der Waals surface area contributed by atoms with Gasteiger partial charge in [-0.15, -0.1) is 0 Å². The smallest absolute Gasteiger partial charge is 0.0922 e. The molecule has 2 unspecified atom stereocenters. The van der Waals surface area contributed by atoms with E-state index in [1.54, 1.807) is 6.33 Å². The van der Waals surface area contributed by atoms with E-state index < -0.39 is 0 Å². The van der Waals surface area contributed by atoms with Gasteiger partial charge in [-0.3, -0.25) is 4.90 Å². The largest absolute Gasteiger partial charge is 0.347 e. The summed E-state index contributed by atoms with van der Waals surface area (Å²) in [5, 5.41) is 0. The van der Waals surface area contributed by atoms with Crippen molar-refractivity contribution < 1.29 is 0 Å². The third kappa shape index (κ3) is 2.58. The lowest BCUT2D eigenvalue weighted by Gasteiger charge is -2.37. The molecular weight excluding hydrogens is 188 g/mol. The summed E-state index contributed by atoms with van der Waals surface area (Å²) in [5.74, 6) is 0.670. The summed E-state index contributed by atoms with van der Waals surface area (Å²) in [6.45, 7) is 5.20. The first-order valence-electron chi connectivity index (χ1n) is 5.71. The average Bonchev–Trinajstić information content (AvgIpc) is 2.74. The number of imidazole rings is 1. The zero-order valence-corrected chi connectivity index (χ0v) is 9.32. The van der Waals surface area contributed by atoms with Crippen molar-refractivity contribution in [2.45, 2.75) is 32.4 Å². The van der Waals surface area contributed by atoms with E-state index in [2.05, 4.69) is 21.8 Å². The zero-order chi connectivity index (χ0) is 10.7. The summed E-state index contributed by atoms with van der Waals surface area (Å²) >= 11 is 0. The minimum absolute atomic E-state index is 0.663. The van der Waals surface area contributed by atoms with Crippen molar-refractivity contribution in [3.63, 3.8) is 0 Å². The predicted octanol–water partition coefficient (Wildman–Crippen LogP) is 0.969. The lowest BCUT2D eigenvalue weighted by Crippen LogP contribution is -2.43. The van der Waals surface area contributed by atoms with Crippen molar-refractivity contribution in [2.75, 3.05) is 13.1 Å². The molecule has 4 heteroatoms. The summed E-state index contributed by atoms with van der Waals surface area (Å²) in [7, 11) is 0. The normalized spacial score (nSPS) is 28.1. The van der Waals surface area contributed by atoms with E-state index in [1.807, 2.05) is 6.20 Å². The van der Waals surface area contributed by atoms with Crippen molar-refractivity contribution in [3.8, 4) is 0 Å². The van der Waals surface area contributed by atoms with E-state index in [-0.39, 0.29) is 0 Å². The molecule has 2 atom stereocenters. The molecule has 0 saturated carbocycles. The standard InChI is InChI=1S/C11H20N4/c1-9-2-3-10(4-12)6-15(9)7-11-5-13-8-14-11/h5,8-10H,2-4,6-7,12H2,1H3,(H,13,14). The Labute approximate surface area is 90.9 Å². The van der Waals surface area contributed by atoms with Gasteiger partial charge in [0.15, 0.2) is 0 Å². The molecule has 1 fully saturated rings. The minimum atomic E-state index is 0.663. The van der Waals surface area contributed by atoms with Crippen molar-refractivity contribution >= 4 is 0 Å². The first-order chi connectivity index (χ1) is 7.29. The molecule has 4 nitrogen and oxygen atoms in total. The van der Waals surface area contributed by atoms with E-state index in [0.717, 1.165) is 19.6 Å². The summed E-state index contributed by atoms with van der Waals surface area (Å²) in [5.41, 5.74) is 6.93. The highest BCUT2D eigenvalue weighted by molar-refractivity contribution is 4.95. The maximum atomic E-state index is 5.74. The van der Waals surface area contributed by atoms with Crippen LogP contribution < -0.4 is 5.73 Å². The SMILES string of the molecule is CC1CCC(CN)CN1Cc1cnc[nH]1. The number of aromatic amines is 1. The Bertz CT molecular complexity index is 283. The highest BCUT2D eigenvalue weighted by atomic mass is 15.2. The minimum Gasteiger partial charge on any atom is -0.347 e. The van der Waals surface area contributed by atoms with Crippen LogP contribution in [0.25, 0.3) is 0 Å². The predicted molar refractivity (Wildman–Crippen MR) is 60.2 cm³/mol. The Kier molecular flexibility index (Phi) is 3.38. The Balaban J connectivity index is 1.94. The number of aromatic nitrogens is 2. The molecule has 2 rings (SSSR count). The van der Waals surface area contributed by atoms with Crippen molar-refractivity contribution in [2.24, 2.45) is 11.7 Å². The Morgan fingerprint density at radius 3 is 3.13 bits per heavy atom. The van der Waals surface area contributed by atoms with E-state index >= 15 is 0 Å². The quantitative estimate of drug-likeness (QED) is 0.778. The van der Waals surface area contributed by atoms with Gasteiger partial charge in [0, 0.05) is 31.0 Å². The van der Waals surface area contributed by atoms with Gasteiger partial charge in [0.2, 0.25) is 0 Å². The van der Waals surface area contributed by atoms with Gasteiger partial charge in [0.1, 0.15) is 0 Å². The summed E-state index contributed by atoms with van der Waals surface area (Å²) in [4.78, 5) is 9.69. The second-order valence-electron chi connectivity index (χ2n) is 4.53. The van der Waals surface area contributed by atoms with Crippen LogP contribution in [0.2, 0.25) is 0 Å². The third-order valence-corrected chi connectivity index (χ3v) is 3.37. The van der Waals surface area contributed by atoms with Crippen LogP contribution >= 0.6 is 0 Å². The van der Waals surface area contributed by atoms with Crippen LogP contribution in [-0.4, -0.2) is 34.0 Å². The monoisotopic (exact) mass is 208 g/mol. The van der Waals surface area contributed by atoms with Crippen LogP contribution in [0.4, 0.5) is 0 Å². The van der Waals surface area contributed by atoms with E-state index in [0.29, 0.717) is 12.0 Å². The highest BCUT2D eigenvalue weighted by Crippen LogP contribution is 2.22. The van der Waals surface area contributed by atoms with Gasteiger partial charge in [-0.05, 0) is 32.2 Å². The molecule has 1 aliphatic heterocycles. The highest BCUT2D eigenvalue weighted by Gasteiger charge is 2.24. The number of nitrogens with one attached hydrogen (secondary N) is 1. The van der Waals surface area contributed by atoms with Crippen molar-refractivity contribution in [1.82, 2.24) is 14.9 Å². The fraction of sp³-hybridized carbons (Fsp3) is 0.727. The molecule has 0 amide bonds. The number of rotatable bonds is 3. The maximum Gasteiger partial charge on any atom is 0.0922 e. The Hall–Kier alpha value is -0.870. The molecule has 1 saturated heterocycles. The molecule has 0 bridgehead atoms. The topological polar surface area (TPSA) is 57.9 Å². The first kappa shape index (κ1) is 10.6.